The molecule has 2 nitrogen and oxygen atoms in total. The second kappa shape index (κ2) is 5.96. The molecule has 1 unspecified atom stereocenters. The summed E-state index contributed by atoms with van der Waals surface area (Å²) in [6.07, 6.45) is -3.26. The molecule has 1 atom stereocenters. The lowest BCUT2D eigenvalue weighted by atomic mass is 10.1. The van der Waals surface area contributed by atoms with E-state index in [1.165, 1.54) is 12.3 Å². The number of fused-ring (bicyclic) bond motifs is 1. The van der Waals surface area contributed by atoms with E-state index in [-0.39, 0.29) is 10.9 Å². The zero-order chi connectivity index (χ0) is 14.0. The number of hydrogen-bond donors (Lipinski definition) is 0. The van der Waals surface area contributed by atoms with E-state index in [2.05, 4.69) is 20.9 Å². The van der Waals surface area contributed by atoms with Crippen molar-refractivity contribution in [2.24, 2.45) is 0 Å². The average Bonchev–Trinajstić information content (AvgIpc) is 2.34. The van der Waals surface area contributed by atoms with Crippen LogP contribution in [0.25, 0.3) is 10.8 Å². The maximum atomic E-state index is 12.6. The van der Waals surface area contributed by atoms with Gasteiger partial charge >= 0.3 is 0 Å². The van der Waals surface area contributed by atoms with Gasteiger partial charge in [-0.15, -0.1) is 0 Å². The van der Waals surface area contributed by atoms with E-state index in [9.17, 15) is 13.2 Å². The number of alkyl halides is 3. The number of benzene rings is 1. The van der Waals surface area contributed by atoms with Gasteiger partial charge in [0.05, 0.1) is 5.39 Å². The van der Waals surface area contributed by atoms with Crippen molar-refractivity contribution < 1.29 is 17.9 Å². The summed E-state index contributed by atoms with van der Waals surface area (Å²) < 4.78 is 43.3. The van der Waals surface area contributed by atoms with E-state index in [0.717, 1.165) is 0 Å². The molecule has 1 aromatic carbocycles. The average molecular weight is 355 g/mol. The second-order valence-electron chi connectivity index (χ2n) is 3.75. The standard InChI is InChI=1S/C12H8BrClF3NO/c13-7-3-6-1-2-18-11(14)10(6)8(4-7)19-9(5-15)12(16)17/h1-4,9,12H,5H2. The SMILES string of the molecule is FCC(Oc1cc(Br)cc2ccnc(Cl)c12)C(F)F. The molecule has 0 N–H and O–H groups in total. The number of aromatic nitrogens is 1. The van der Waals surface area contributed by atoms with E-state index in [0.29, 0.717) is 15.2 Å². The Labute approximate surface area is 120 Å². The van der Waals surface area contributed by atoms with Crippen molar-refractivity contribution in [2.45, 2.75) is 12.5 Å². The molecule has 0 saturated carbocycles. The van der Waals surface area contributed by atoms with Crippen molar-refractivity contribution in [1.82, 2.24) is 4.98 Å². The Morgan fingerprint density at radius 3 is 2.74 bits per heavy atom. The molecule has 1 heterocycles. The van der Waals surface area contributed by atoms with E-state index >= 15 is 0 Å². The van der Waals surface area contributed by atoms with Gasteiger partial charge in [-0.3, -0.25) is 0 Å². The second-order valence-corrected chi connectivity index (χ2v) is 5.02. The Bertz CT molecular complexity index is 596. The van der Waals surface area contributed by atoms with Gasteiger partial charge in [0.1, 0.15) is 17.6 Å². The fourth-order valence-electron chi connectivity index (χ4n) is 1.61. The number of halogens is 5. The van der Waals surface area contributed by atoms with Crippen molar-refractivity contribution in [3.8, 4) is 5.75 Å². The monoisotopic (exact) mass is 353 g/mol. The van der Waals surface area contributed by atoms with Crippen LogP contribution in [-0.4, -0.2) is 24.2 Å². The number of pyridine rings is 1. The molecule has 0 aliphatic rings. The smallest absolute Gasteiger partial charge is 0.277 e. The highest BCUT2D eigenvalue weighted by atomic mass is 79.9. The third-order valence-corrected chi connectivity index (χ3v) is 3.20. The molecular formula is C12H8BrClF3NO. The molecule has 7 heteroatoms. The zero-order valence-corrected chi connectivity index (χ0v) is 11.8. The van der Waals surface area contributed by atoms with Crippen LogP contribution in [-0.2, 0) is 0 Å². The van der Waals surface area contributed by atoms with Gasteiger partial charge in [0.2, 0.25) is 0 Å². The van der Waals surface area contributed by atoms with Gasteiger partial charge in [0.25, 0.3) is 6.43 Å². The molecule has 102 valence electrons. The van der Waals surface area contributed by atoms with Gasteiger partial charge in [-0.25, -0.2) is 18.2 Å². The van der Waals surface area contributed by atoms with Gasteiger partial charge in [-0.1, -0.05) is 27.5 Å². The van der Waals surface area contributed by atoms with Crippen molar-refractivity contribution in [1.29, 1.82) is 0 Å². The van der Waals surface area contributed by atoms with E-state index in [4.69, 9.17) is 16.3 Å². The van der Waals surface area contributed by atoms with Crippen LogP contribution in [0.3, 0.4) is 0 Å². The molecule has 0 aliphatic carbocycles. The molecule has 0 spiro atoms. The molecule has 2 rings (SSSR count). The molecular weight excluding hydrogens is 346 g/mol. The van der Waals surface area contributed by atoms with Crippen LogP contribution in [0.2, 0.25) is 5.15 Å². The van der Waals surface area contributed by atoms with Gasteiger partial charge in [0.15, 0.2) is 6.10 Å². The fourth-order valence-corrected chi connectivity index (χ4v) is 2.32. The highest BCUT2D eigenvalue weighted by Gasteiger charge is 2.23. The first kappa shape index (κ1) is 14.4. The first-order valence-corrected chi connectivity index (χ1v) is 6.44. The van der Waals surface area contributed by atoms with E-state index < -0.39 is 19.2 Å². The predicted octanol–water partition coefficient (Wildman–Crippen LogP) is 4.63. The quantitative estimate of drug-likeness (QED) is 0.747. The summed E-state index contributed by atoms with van der Waals surface area (Å²) in [4.78, 5) is 3.86. The summed E-state index contributed by atoms with van der Waals surface area (Å²) >= 11 is 9.17. The molecule has 19 heavy (non-hydrogen) atoms. The molecule has 0 bridgehead atoms. The summed E-state index contributed by atoms with van der Waals surface area (Å²) in [7, 11) is 0. The molecule has 0 radical (unpaired) electrons. The normalized spacial score (nSPS) is 12.9. The lowest BCUT2D eigenvalue weighted by molar-refractivity contribution is -0.000399. The summed E-state index contributed by atoms with van der Waals surface area (Å²) in [6, 6.07) is 4.86. The third-order valence-electron chi connectivity index (χ3n) is 2.46. The maximum Gasteiger partial charge on any atom is 0.277 e. The Morgan fingerprint density at radius 2 is 2.11 bits per heavy atom. The minimum Gasteiger partial charge on any atom is -0.481 e. The first-order chi connectivity index (χ1) is 9.02. The number of rotatable bonds is 4. The minimum absolute atomic E-state index is 0.0745. The summed E-state index contributed by atoms with van der Waals surface area (Å²) in [5, 5.41) is 1.16. The van der Waals surface area contributed by atoms with Crippen LogP contribution >= 0.6 is 27.5 Å². The summed E-state index contributed by atoms with van der Waals surface area (Å²) in [6.45, 7) is -1.29. The van der Waals surface area contributed by atoms with E-state index in [1.54, 1.807) is 12.1 Å². The molecule has 2 aromatic rings. The van der Waals surface area contributed by atoms with Crippen molar-refractivity contribution in [2.75, 3.05) is 6.67 Å². The van der Waals surface area contributed by atoms with Gasteiger partial charge in [-0.2, -0.15) is 0 Å². The van der Waals surface area contributed by atoms with Crippen molar-refractivity contribution >= 4 is 38.3 Å². The van der Waals surface area contributed by atoms with E-state index in [1.807, 2.05) is 0 Å². The lowest BCUT2D eigenvalue weighted by Gasteiger charge is -2.17. The third kappa shape index (κ3) is 3.12. The maximum absolute atomic E-state index is 12.6. The Hall–Kier alpha value is -1.01. The molecule has 0 aliphatic heterocycles. The van der Waals surface area contributed by atoms with Crippen LogP contribution in [0.1, 0.15) is 0 Å². The number of hydrogen-bond acceptors (Lipinski definition) is 2. The predicted molar refractivity (Wildman–Crippen MR) is 70.8 cm³/mol. The molecule has 0 saturated heterocycles. The van der Waals surface area contributed by atoms with Gasteiger partial charge < -0.3 is 4.74 Å². The van der Waals surface area contributed by atoms with Crippen LogP contribution < -0.4 is 4.74 Å². The van der Waals surface area contributed by atoms with Crippen LogP contribution in [0.5, 0.6) is 5.75 Å². The van der Waals surface area contributed by atoms with Gasteiger partial charge in [0, 0.05) is 10.7 Å². The number of ether oxygens (including phenoxy) is 1. The largest absolute Gasteiger partial charge is 0.481 e. The number of nitrogens with zero attached hydrogens (tertiary/aromatic N) is 1. The van der Waals surface area contributed by atoms with Gasteiger partial charge in [-0.05, 0) is 23.6 Å². The highest BCUT2D eigenvalue weighted by molar-refractivity contribution is 9.10. The Morgan fingerprint density at radius 1 is 1.37 bits per heavy atom. The van der Waals surface area contributed by atoms with Crippen LogP contribution in [0, 0.1) is 0 Å². The highest BCUT2D eigenvalue weighted by Crippen LogP contribution is 2.35. The first-order valence-electron chi connectivity index (χ1n) is 5.27. The summed E-state index contributed by atoms with van der Waals surface area (Å²) in [5.74, 6) is 0.0745. The van der Waals surface area contributed by atoms with Crippen molar-refractivity contribution in [3.63, 3.8) is 0 Å². The molecule has 1 aromatic heterocycles. The lowest BCUT2D eigenvalue weighted by Crippen LogP contribution is -2.27. The Balaban J connectivity index is 2.52. The zero-order valence-electron chi connectivity index (χ0n) is 9.42. The van der Waals surface area contributed by atoms with Crippen LogP contribution in [0.15, 0.2) is 28.9 Å². The molecule has 0 amide bonds. The topological polar surface area (TPSA) is 22.1 Å². The van der Waals surface area contributed by atoms with Crippen LogP contribution in [0.4, 0.5) is 13.2 Å². The Kier molecular flexibility index (Phi) is 4.52. The van der Waals surface area contributed by atoms with Crippen molar-refractivity contribution in [3.05, 3.63) is 34.0 Å². The molecule has 0 fully saturated rings. The fraction of sp³-hybridized carbons (Fsp3) is 0.250. The summed E-state index contributed by atoms with van der Waals surface area (Å²) in [5.41, 5.74) is 0. The minimum atomic E-state index is -2.92.